The van der Waals surface area contributed by atoms with E-state index in [2.05, 4.69) is 27.9 Å². The molecule has 82 valence electrons. The van der Waals surface area contributed by atoms with E-state index >= 15 is 0 Å². The van der Waals surface area contributed by atoms with Crippen molar-refractivity contribution in [3.63, 3.8) is 0 Å². The van der Waals surface area contributed by atoms with Crippen molar-refractivity contribution in [2.75, 3.05) is 0 Å². The second-order valence-corrected chi connectivity index (χ2v) is 5.43. The second-order valence-electron chi connectivity index (χ2n) is 4.87. The number of rotatable bonds is 2. The van der Waals surface area contributed by atoms with Crippen LogP contribution in [-0.4, -0.2) is 20.7 Å². The minimum Gasteiger partial charge on any atom is -0.348 e. The molecular weight excluding hydrogens is 210 g/mol. The van der Waals surface area contributed by atoms with Gasteiger partial charge in [0, 0.05) is 6.04 Å². The van der Waals surface area contributed by atoms with Gasteiger partial charge < -0.3 is 5.32 Å². The van der Waals surface area contributed by atoms with Gasteiger partial charge in [0.25, 0.3) is 5.91 Å². The van der Waals surface area contributed by atoms with E-state index in [9.17, 15) is 4.79 Å². The molecule has 1 aromatic heterocycles. The molecule has 1 unspecified atom stereocenters. The van der Waals surface area contributed by atoms with Crippen LogP contribution >= 0.6 is 11.7 Å². The number of nitrogens with one attached hydrogen (secondary N) is 1. The molecule has 0 aliphatic heterocycles. The smallest absolute Gasteiger partial charge is 0.272 e. The summed E-state index contributed by atoms with van der Waals surface area (Å²) in [6, 6.07) is 0.300. The zero-order valence-electron chi connectivity index (χ0n) is 8.99. The highest BCUT2D eigenvalue weighted by atomic mass is 32.1. The Morgan fingerprint density at radius 2 is 2.47 bits per heavy atom. The Morgan fingerprint density at radius 1 is 1.67 bits per heavy atom. The standard InChI is InChI=1S/C10H15N3OS/c1-10(2)4-3-7(5-10)12-9(14)8-6-11-15-13-8/h6-7H,3-5H2,1-2H3,(H,12,14). The third kappa shape index (κ3) is 2.53. The maximum atomic E-state index is 11.7. The van der Waals surface area contributed by atoms with E-state index in [-0.39, 0.29) is 5.91 Å². The Labute approximate surface area is 93.4 Å². The molecule has 0 saturated heterocycles. The number of aromatic nitrogens is 2. The van der Waals surface area contributed by atoms with Gasteiger partial charge in [-0.2, -0.15) is 8.75 Å². The van der Waals surface area contributed by atoms with Crippen molar-refractivity contribution >= 4 is 17.6 Å². The van der Waals surface area contributed by atoms with E-state index in [0.29, 0.717) is 17.2 Å². The molecule has 0 aromatic carbocycles. The normalized spacial score (nSPS) is 24.0. The minimum absolute atomic E-state index is 0.0912. The van der Waals surface area contributed by atoms with Crippen LogP contribution in [0.4, 0.5) is 0 Å². The van der Waals surface area contributed by atoms with Crippen LogP contribution in [0.1, 0.15) is 43.6 Å². The van der Waals surface area contributed by atoms with Crippen molar-refractivity contribution in [3.05, 3.63) is 11.9 Å². The van der Waals surface area contributed by atoms with E-state index in [0.717, 1.165) is 24.6 Å². The fraction of sp³-hybridized carbons (Fsp3) is 0.700. The van der Waals surface area contributed by atoms with Gasteiger partial charge in [0.2, 0.25) is 0 Å². The summed E-state index contributed by atoms with van der Waals surface area (Å²) in [6.07, 6.45) is 4.81. The lowest BCUT2D eigenvalue weighted by Crippen LogP contribution is -2.33. The summed E-state index contributed by atoms with van der Waals surface area (Å²) in [7, 11) is 0. The molecule has 1 aliphatic carbocycles. The Bertz CT molecular complexity index is 348. The molecule has 1 fully saturated rings. The summed E-state index contributed by atoms with van der Waals surface area (Å²) >= 11 is 1.06. The lowest BCUT2D eigenvalue weighted by molar-refractivity contribution is 0.0932. The Kier molecular flexibility index (Phi) is 2.73. The summed E-state index contributed by atoms with van der Waals surface area (Å²) in [4.78, 5) is 11.7. The van der Waals surface area contributed by atoms with E-state index in [1.165, 1.54) is 12.6 Å². The quantitative estimate of drug-likeness (QED) is 0.835. The lowest BCUT2D eigenvalue weighted by atomic mass is 9.92. The van der Waals surface area contributed by atoms with E-state index in [1.54, 1.807) is 0 Å². The van der Waals surface area contributed by atoms with Gasteiger partial charge in [-0.15, -0.1) is 0 Å². The molecule has 5 heteroatoms. The van der Waals surface area contributed by atoms with Gasteiger partial charge in [-0.3, -0.25) is 4.79 Å². The number of carbonyl (C=O) groups excluding carboxylic acids is 1. The number of hydrogen-bond acceptors (Lipinski definition) is 4. The molecule has 4 nitrogen and oxygen atoms in total. The van der Waals surface area contributed by atoms with Gasteiger partial charge in [0.15, 0.2) is 5.69 Å². The zero-order chi connectivity index (χ0) is 10.9. The Balaban J connectivity index is 1.91. The number of nitrogens with zero attached hydrogens (tertiary/aromatic N) is 2. The molecule has 1 heterocycles. The van der Waals surface area contributed by atoms with Crippen LogP contribution in [0.15, 0.2) is 6.20 Å². The highest BCUT2D eigenvalue weighted by Gasteiger charge is 2.31. The van der Waals surface area contributed by atoms with Crippen molar-refractivity contribution < 1.29 is 4.79 Å². The number of amides is 1. The van der Waals surface area contributed by atoms with Gasteiger partial charge in [-0.1, -0.05) is 13.8 Å². The lowest BCUT2D eigenvalue weighted by Gasteiger charge is -2.17. The van der Waals surface area contributed by atoms with Gasteiger partial charge in [0.1, 0.15) is 0 Å². The first-order chi connectivity index (χ1) is 7.07. The zero-order valence-corrected chi connectivity index (χ0v) is 9.80. The van der Waals surface area contributed by atoms with Gasteiger partial charge in [0.05, 0.1) is 17.9 Å². The van der Waals surface area contributed by atoms with Crippen LogP contribution in [0.5, 0.6) is 0 Å². The molecule has 2 rings (SSSR count). The van der Waals surface area contributed by atoms with Gasteiger partial charge in [-0.25, -0.2) is 0 Å². The maximum absolute atomic E-state index is 11.7. The molecular formula is C10H15N3OS. The minimum atomic E-state index is -0.0912. The van der Waals surface area contributed by atoms with Crippen molar-refractivity contribution in [1.29, 1.82) is 0 Å². The topological polar surface area (TPSA) is 54.9 Å². The Morgan fingerprint density at radius 3 is 3.00 bits per heavy atom. The molecule has 0 radical (unpaired) electrons. The third-order valence-corrected chi connectivity index (χ3v) is 3.38. The van der Waals surface area contributed by atoms with Crippen molar-refractivity contribution in [3.8, 4) is 0 Å². The average molecular weight is 225 g/mol. The van der Waals surface area contributed by atoms with Gasteiger partial charge in [-0.05, 0) is 24.7 Å². The predicted molar refractivity (Wildman–Crippen MR) is 58.8 cm³/mol. The fourth-order valence-corrected chi connectivity index (χ4v) is 2.50. The molecule has 0 spiro atoms. The summed E-state index contributed by atoms with van der Waals surface area (Å²) in [5, 5.41) is 3.00. The number of carbonyl (C=O) groups is 1. The second kappa shape index (κ2) is 3.89. The van der Waals surface area contributed by atoms with E-state index in [1.807, 2.05) is 0 Å². The average Bonchev–Trinajstić information content (AvgIpc) is 2.74. The summed E-state index contributed by atoms with van der Waals surface area (Å²) < 4.78 is 7.73. The first-order valence-corrected chi connectivity index (χ1v) is 5.88. The third-order valence-electron chi connectivity index (χ3n) is 2.90. The highest BCUT2D eigenvalue weighted by molar-refractivity contribution is 6.99. The van der Waals surface area contributed by atoms with Crippen molar-refractivity contribution in [2.45, 2.75) is 39.2 Å². The number of hydrogen-bond donors (Lipinski definition) is 1. The van der Waals surface area contributed by atoms with Crippen molar-refractivity contribution in [1.82, 2.24) is 14.1 Å². The Hall–Kier alpha value is -0.970. The highest BCUT2D eigenvalue weighted by Crippen LogP contribution is 2.36. The first kappa shape index (κ1) is 10.5. The van der Waals surface area contributed by atoms with Crippen LogP contribution in [-0.2, 0) is 0 Å². The molecule has 1 atom stereocenters. The van der Waals surface area contributed by atoms with Crippen LogP contribution in [0, 0.1) is 5.41 Å². The van der Waals surface area contributed by atoms with Gasteiger partial charge >= 0.3 is 0 Å². The van der Waals surface area contributed by atoms with Crippen LogP contribution in [0.2, 0.25) is 0 Å². The summed E-state index contributed by atoms with van der Waals surface area (Å²) in [5.74, 6) is -0.0912. The van der Waals surface area contributed by atoms with Crippen LogP contribution in [0.25, 0.3) is 0 Å². The SMILES string of the molecule is CC1(C)CCC(NC(=O)c2cnsn2)C1. The molecule has 0 bridgehead atoms. The molecule has 1 aromatic rings. The fourth-order valence-electron chi connectivity index (χ4n) is 2.08. The first-order valence-electron chi connectivity index (χ1n) is 5.15. The molecule has 1 amide bonds. The maximum Gasteiger partial charge on any atom is 0.272 e. The summed E-state index contributed by atoms with van der Waals surface area (Å²) in [6.45, 7) is 4.48. The van der Waals surface area contributed by atoms with E-state index < -0.39 is 0 Å². The largest absolute Gasteiger partial charge is 0.348 e. The van der Waals surface area contributed by atoms with Crippen LogP contribution in [0.3, 0.4) is 0 Å². The molecule has 15 heavy (non-hydrogen) atoms. The van der Waals surface area contributed by atoms with E-state index in [4.69, 9.17) is 0 Å². The molecule has 1 aliphatic rings. The van der Waals surface area contributed by atoms with Crippen molar-refractivity contribution in [2.24, 2.45) is 5.41 Å². The molecule has 1 saturated carbocycles. The monoisotopic (exact) mass is 225 g/mol. The van der Waals surface area contributed by atoms with Crippen LogP contribution < -0.4 is 5.32 Å². The molecule has 1 N–H and O–H groups in total. The predicted octanol–water partition coefficient (Wildman–Crippen LogP) is 1.85. The summed E-state index contributed by atoms with van der Waals surface area (Å²) in [5.41, 5.74) is 0.794.